The van der Waals surface area contributed by atoms with E-state index in [1.165, 1.54) is 12.1 Å². The molecule has 0 saturated carbocycles. The third kappa shape index (κ3) is 3.66. The third-order valence-corrected chi connectivity index (χ3v) is 3.41. The van der Waals surface area contributed by atoms with E-state index in [4.69, 9.17) is 0 Å². The number of halogens is 3. The number of carbonyl (C=O) groups is 1. The molecule has 20 heavy (non-hydrogen) atoms. The lowest BCUT2D eigenvalue weighted by Crippen LogP contribution is -2.15. The van der Waals surface area contributed by atoms with E-state index in [9.17, 15) is 13.6 Å². The molecule has 2 aromatic rings. The summed E-state index contributed by atoms with van der Waals surface area (Å²) in [6.07, 6.45) is 0. The second-order valence-corrected chi connectivity index (χ2v) is 4.97. The average Bonchev–Trinajstić information content (AvgIpc) is 2.41. The van der Waals surface area contributed by atoms with Crippen molar-refractivity contribution in [2.75, 3.05) is 5.32 Å². The van der Waals surface area contributed by atoms with Crippen LogP contribution >= 0.6 is 22.6 Å². The Bertz CT molecular complexity index is 620. The minimum absolute atomic E-state index is 0.0678. The number of anilines is 1. The van der Waals surface area contributed by atoms with Crippen molar-refractivity contribution in [2.24, 2.45) is 0 Å². The molecular weight excluding hydrogens is 379 g/mol. The first-order valence-electron chi connectivity index (χ1n) is 5.67. The van der Waals surface area contributed by atoms with Crippen molar-refractivity contribution in [1.29, 1.82) is 0 Å². The Morgan fingerprint density at radius 3 is 2.45 bits per heavy atom. The van der Waals surface area contributed by atoms with Crippen molar-refractivity contribution < 1.29 is 18.3 Å². The van der Waals surface area contributed by atoms with Gasteiger partial charge in [-0.1, -0.05) is 24.3 Å². The van der Waals surface area contributed by atoms with E-state index in [0.717, 1.165) is 3.57 Å². The van der Waals surface area contributed by atoms with E-state index in [0.29, 0.717) is 5.56 Å². The molecule has 0 saturated heterocycles. The normalized spacial score (nSPS) is 10.4. The van der Waals surface area contributed by atoms with Gasteiger partial charge >= 0.3 is 6.61 Å². The summed E-state index contributed by atoms with van der Waals surface area (Å²) in [7, 11) is 0. The summed E-state index contributed by atoms with van der Waals surface area (Å²) in [6, 6.07) is 13.1. The van der Waals surface area contributed by atoms with Crippen molar-refractivity contribution >= 4 is 34.2 Å². The maximum atomic E-state index is 12.3. The highest BCUT2D eigenvalue weighted by molar-refractivity contribution is 14.1. The van der Waals surface area contributed by atoms with Gasteiger partial charge in [0.2, 0.25) is 0 Å². The summed E-state index contributed by atoms with van der Waals surface area (Å²) >= 11 is 2.03. The number of rotatable bonds is 4. The van der Waals surface area contributed by atoms with Crippen LogP contribution in [0.1, 0.15) is 10.4 Å². The van der Waals surface area contributed by atoms with Crippen molar-refractivity contribution in [2.45, 2.75) is 6.61 Å². The molecule has 104 valence electrons. The van der Waals surface area contributed by atoms with Gasteiger partial charge < -0.3 is 10.1 Å². The molecule has 0 spiro atoms. The number of hydrogen-bond donors (Lipinski definition) is 1. The fourth-order valence-corrected chi connectivity index (χ4v) is 2.24. The first-order valence-corrected chi connectivity index (χ1v) is 6.75. The zero-order valence-electron chi connectivity index (χ0n) is 10.1. The molecule has 0 bridgehead atoms. The molecule has 0 aromatic heterocycles. The Morgan fingerprint density at radius 1 is 1.10 bits per heavy atom. The van der Waals surface area contributed by atoms with Crippen LogP contribution in [0.2, 0.25) is 0 Å². The van der Waals surface area contributed by atoms with Gasteiger partial charge in [0.1, 0.15) is 5.75 Å². The molecule has 0 radical (unpaired) electrons. The minimum Gasteiger partial charge on any atom is -0.433 e. The maximum Gasteiger partial charge on any atom is 0.387 e. The van der Waals surface area contributed by atoms with Crippen LogP contribution in [0.5, 0.6) is 5.75 Å². The van der Waals surface area contributed by atoms with Gasteiger partial charge in [-0.15, -0.1) is 0 Å². The van der Waals surface area contributed by atoms with Gasteiger partial charge in [-0.3, -0.25) is 4.79 Å². The summed E-state index contributed by atoms with van der Waals surface area (Å²) in [5, 5.41) is 2.57. The summed E-state index contributed by atoms with van der Waals surface area (Å²) in [6.45, 7) is -2.94. The van der Waals surface area contributed by atoms with Crippen LogP contribution < -0.4 is 10.1 Å². The number of alkyl halides is 2. The lowest BCUT2D eigenvalue weighted by atomic mass is 10.2. The van der Waals surface area contributed by atoms with E-state index in [1.54, 1.807) is 30.3 Å². The van der Waals surface area contributed by atoms with Gasteiger partial charge in [0.05, 0.1) is 11.3 Å². The van der Waals surface area contributed by atoms with Crippen molar-refractivity contribution in [3.8, 4) is 5.75 Å². The second-order valence-electron chi connectivity index (χ2n) is 3.81. The Kier molecular flexibility index (Phi) is 4.89. The van der Waals surface area contributed by atoms with E-state index in [1.807, 2.05) is 28.7 Å². The van der Waals surface area contributed by atoms with E-state index < -0.39 is 6.61 Å². The monoisotopic (exact) mass is 389 g/mol. The Labute approximate surface area is 128 Å². The molecule has 0 unspecified atom stereocenters. The van der Waals surface area contributed by atoms with Crippen LogP contribution in [0, 0.1) is 3.57 Å². The second kappa shape index (κ2) is 6.65. The number of carbonyl (C=O) groups excluding carboxylic acids is 1. The van der Waals surface area contributed by atoms with Gasteiger partial charge in [0.25, 0.3) is 5.91 Å². The fourth-order valence-electron chi connectivity index (χ4n) is 1.60. The van der Waals surface area contributed by atoms with Crippen LogP contribution in [0.25, 0.3) is 0 Å². The van der Waals surface area contributed by atoms with Crippen LogP contribution in [0.4, 0.5) is 14.5 Å². The molecule has 0 aliphatic rings. The van der Waals surface area contributed by atoms with E-state index in [2.05, 4.69) is 10.1 Å². The van der Waals surface area contributed by atoms with Crippen LogP contribution in [-0.2, 0) is 0 Å². The zero-order valence-corrected chi connectivity index (χ0v) is 12.3. The number of ether oxygens (including phenoxy) is 1. The minimum atomic E-state index is -2.94. The third-order valence-electron chi connectivity index (χ3n) is 2.47. The molecular formula is C14H10F2INO2. The average molecular weight is 389 g/mol. The fraction of sp³-hybridized carbons (Fsp3) is 0.0714. The van der Waals surface area contributed by atoms with Gasteiger partial charge in [-0.05, 0) is 46.9 Å². The van der Waals surface area contributed by atoms with Gasteiger partial charge in [-0.2, -0.15) is 8.78 Å². The summed E-state index contributed by atoms with van der Waals surface area (Å²) in [4.78, 5) is 12.1. The first-order chi connectivity index (χ1) is 9.58. The number of hydrogen-bond acceptors (Lipinski definition) is 2. The Balaban J connectivity index is 2.22. The highest BCUT2D eigenvalue weighted by atomic mass is 127. The highest BCUT2D eigenvalue weighted by Crippen LogP contribution is 2.26. The number of amides is 1. The molecule has 1 amide bonds. The number of benzene rings is 2. The smallest absolute Gasteiger partial charge is 0.387 e. The van der Waals surface area contributed by atoms with Crippen LogP contribution in [-0.4, -0.2) is 12.5 Å². The van der Waals surface area contributed by atoms with Gasteiger partial charge in [0.15, 0.2) is 0 Å². The lowest BCUT2D eigenvalue weighted by Gasteiger charge is -2.12. The van der Waals surface area contributed by atoms with Crippen molar-refractivity contribution in [1.82, 2.24) is 0 Å². The standard InChI is InChI=1S/C14H10F2INO2/c15-14(16)20-12-8-4-3-7-11(12)18-13(19)9-5-1-2-6-10(9)17/h1-8,14H,(H,18,19). The van der Waals surface area contributed by atoms with Gasteiger partial charge in [-0.25, -0.2) is 0 Å². The Morgan fingerprint density at radius 2 is 1.75 bits per heavy atom. The predicted octanol–water partition coefficient (Wildman–Crippen LogP) is 4.14. The molecule has 1 N–H and O–H groups in total. The molecule has 0 atom stereocenters. The van der Waals surface area contributed by atoms with Crippen molar-refractivity contribution in [3.05, 3.63) is 57.7 Å². The highest BCUT2D eigenvalue weighted by Gasteiger charge is 2.14. The molecule has 6 heteroatoms. The summed E-state index contributed by atoms with van der Waals surface area (Å²) < 4.78 is 29.7. The SMILES string of the molecule is O=C(Nc1ccccc1OC(F)F)c1ccccc1I. The van der Waals surface area contributed by atoms with Crippen LogP contribution in [0.3, 0.4) is 0 Å². The quantitative estimate of drug-likeness (QED) is 0.799. The molecule has 2 aromatic carbocycles. The summed E-state index contributed by atoms with van der Waals surface area (Å²) in [5.41, 5.74) is 0.678. The lowest BCUT2D eigenvalue weighted by molar-refractivity contribution is -0.0493. The number of nitrogens with one attached hydrogen (secondary N) is 1. The molecule has 0 heterocycles. The zero-order chi connectivity index (χ0) is 14.5. The molecule has 2 rings (SSSR count). The first kappa shape index (κ1) is 14.7. The van der Waals surface area contributed by atoms with Gasteiger partial charge in [0, 0.05) is 3.57 Å². The van der Waals surface area contributed by atoms with Crippen LogP contribution in [0.15, 0.2) is 48.5 Å². The maximum absolute atomic E-state index is 12.3. The topological polar surface area (TPSA) is 38.3 Å². The number of para-hydroxylation sites is 2. The molecule has 0 aliphatic heterocycles. The van der Waals surface area contributed by atoms with Crippen molar-refractivity contribution in [3.63, 3.8) is 0 Å². The largest absolute Gasteiger partial charge is 0.433 e. The summed E-state index contributed by atoms with van der Waals surface area (Å²) in [5.74, 6) is -0.442. The molecule has 0 aliphatic carbocycles. The predicted molar refractivity (Wildman–Crippen MR) is 80.2 cm³/mol. The van der Waals surface area contributed by atoms with E-state index >= 15 is 0 Å². The molecule has 3 nitrogen and oxygen atoms in total. The molecule has 0 fully saturated rings. The Hall–Kier alpha value is -1.70. The van der Waals surface area contributed by atoms with E-state index in [-0.39, 0.29) is 17.3 Å².